The molecule has 2 unspecified atom stereocenters. The first kappa shape index (κ1) is 15.5. The van der Waals surface area contributed by atoms with Crippen molar-refractivity contribution in [2.75, 3.05) is 6.54 Å². The van der Waals surface area contributed by atoms with Crippen molar-refractivity contribution in [1.29, 1.82) is 0 Å². The Hall–Kier alpha value is -0.570. The largest absolute Gasteiger partial charge is 0.353 e. The van der Waals surface area contributed by atoms with Gasteiger partial charge < -0.3 is 11.1 Å². The third-order valence-corrected chi connectivity index (χ3v) is 4.98. The molecule has 0 spiro atoms. The van der Waals surface area contributed by atoms with Crippen LogP contribution in [0, 0.1) is 11.3 Å². The molecule has 3 heteroatoms. The smallest absolute Gasteiger partial charge is 0.227 e. The molecule has 0 aromatic heterocycles. The Labute approximate surface area is 112 Å². The monoisotopic (exact) mass is 254 g/mol. The summed E-state index contributed by atoms with van der Waals surface area (Å²) in [5.41, 5.74) is 5.49. The van der Waals surface area contributed by atoms with E-state index in [9.17, 15) is 4.79 Å². The molecule has 1 amide bonds. The minimum atomic E-state index is -0.351. The van der Waals surface area contributed by atoms with Gasteiger partial charge in [-0.15, -0.1) is 0 Å². The highest BCUT2D eigenvalue weighted by Gasteiger charge is 2.36. The molecule has 2 atom stereocenters. The van der Waals surface area contributed by atoms with Crippen LogP contribution in [0.4, 0.5) is 0 Å². The minimum Gasteiger partial charge on any atom is -0.353 e. The summed E-state index contributed by atoms with van der Waals surface area (Å²) in [6, 6.07) is 0.375. The standard InChI is InChI=1S/C15H30N2O/c1-4-12-9-7-8-10-13(12)17-14(18)15(5-2,6-3)11-16/h12-13H,4-11,16H2,1-3H3,(H,17,18). The van der Waals surface area contributed by atoms with Crippen LogP contribution in [-0.2, 0) is 4.79 Å². The van der Waals surface area contributed by atoms with E-state index in [1.807, 2.05) is 0 Å². The van der Waals surface area contributed by atoms with Crippen molar-refractivity contribution in [2.24, 2.45) is 17.1 Å². The molecular formula is C15H30N2O. The molecule has 3 N–H and O–H groups in total. The van der Waals surface area contributed by atoms with Crippen LogP contribution in [0.2, 0.25) is 0 Å². The van der Waals surface area contributed by atoms with E-state index in [-0.39, 0.29) is 11.3 Å². The maximum atomic E-state index is 12.5. The van der Waals surface area contributed by atoms with Crippen molar-refractivity contribution in [3.63, 3.8) is 0 Å². The number of hydrogen-bond donors (Lipinski definition) is 2. The third kappa shape index (κ3) is 3.25. The predicted molar refractivity (Wildman–Crippen MR) is 76.2 cm³/mol. The molecule has 1 fully saturated rings. The molecule has 0 heterocycles. The molecule has 1 aliphatic rings. The lowest BCUT2D eigenvalue weighted by molar-refractivity contribution is -0.132. The van der Waals surface area contributed by atoms with Crippen LogP contribution < -0.4 is 11.1 Å². The summed E-state index contributed by atoms with van der Waals surface area (Å²) in [4.78, 5) is 12.5. The first-order chi connectivity index (χ1) is 8.63. The van der Waals surface area contributed by atoms with E-state index in [2.05, 4.69) is 26.1 Å². The first-order valence-corrected chi connectivity index (χ1v) is 7.64. The van der Waals surface area contributed by atoms with Crippen LogP contribution in [0.3, 0.4) is 0 Å². The number of nitrogens with two attached hydrogens (primary N) is 1. The maximum Gasteiger partial charge on any atom is 0.227 e. The summed E-state index contributed by atoms with van der Waals surface area (Å²) in [5, 5.41) is 3.29. The van der Waals surface area contributed by atoms with Crippen LogP contribution in [0.1, 0.15) is 65.7 Å². The molecule has 0 radical (unpaired) electrons. The van der Waals surface area contributed by atoms with E-state index < -0.39 is 0 Å². The first-order valence-electron chi connectivity index (χ1n) is 7.64. The second-order valence-electron chi connectivity index (χ2n) is 5.72. The fourth-order valence-corrected chi connectivity index (χ4v) is 3.16. The summed E-state index contributed by atoms with van der Waals surface area (Å²) in [7, 11) is 0. The van der Waals surface area contributed by atoms with Gasteiger partial charge in [-0.05, 0) is 31.6 Å². The molecule has 0 saturated heterocycles. The topological polar surface area (TPSA) is 55.1 Å². The molecule has 0 aliphatic heterocycles. The van der Waals surface area contributed by atoms with Gasteiger partial charge in [0.25, 0.3) is 0 Å². The van der Waals surface area contributed by atoms with Crippen LogP contribution >= 0.6 is 0 Å². The van der Waals surface area contributed by atoms with Crippen molar-refractivity contribution in [3.05, 3.63) is 0 Å². The SMILES string of the molecule is CCC1CCCCC1NC(=O)C(CC)(CC)CN. The average Bonchev–Trinajstić information content (AvgIpc) is 2.42. The van der Waals surface area contributed by atoms with E-state index >= 15 is 0 Å². The third-order valence-electron chi connectivity index (χ3n) is 4.98. The van der Waals surface area contributed by atoms with Crippen LogP contribution in [0.25, 0.3) is 0 Å². The van der Waals surface area contributed by atoms with E-state index in [1.54, 1.807) is 0 Å². The minimum absolute atomic E-state index is 0.181. The second-order valence-corrected chi connectivity index (χ2v) is 5.72. The van der Waals surface area contributed by atoms with Crippen molar-refractivity contribution in [2.45, 2.75) is 71.8 Å². The van der Waals surface area contributed by atoms with E-state index in [1.165, 1.54) is 25.7 Å². The fourth-order valence-electron chi connectivity index (χ4n) is 3.16. The molecule has 1 rings (SSSR count). The molecule has 18 heavy (non-hydrogen) atoms. The number of nitrogens with one attached hydrogen (secondary N) is 1. The lowest BCUT2D eigenvalue weighted by atomic mass is 9.79. The molecule has 0 bridgehead atoms. The Bertz CT molecular complexity index is 253. The average molecular weight is 254 g/mol. The van der Waals surface area contributed by atoms with Gasteiger partial charge >= 0.3 is 0 Å². The zero-order valence-corrected chi connectivity index (χ0v) is 12.3. The Balaban J connectivity index is 2.66. The van der Waals surface area contributed by atoms with Gasteiger partial charge in [0.15, 0.2) is 0 Å². The zero-order chi connectivity index (χ0) is 13.6. The quantitative estimate of drug-likeness (QED) is 0.766. The zero-order valence-electron chi connectivity index (χ0n) is 12.3. The van der Waals surface area contributed by atoms with E-state index in [4.69, 9.17) is 5.73 Å². The molecule has 3 nitrogen and oxygen atoms in total. The van der Waals surface area contributed by atoms with Crippen LogP contribution in [0.5, 0.6) is 0 Å². The van der Waals surface area contributed by atoms with Crippen molar-refractivity contribution < 1.29 is 4.79 Å². The van der Waals surface area contributed by atoms with Gasteiger partial charge in [0, 0.05) is 12.6 Å². The normalized spacial score (nSPS) is 24.9. The number of carbonyl (C=O) groups is 1. The van der Waals surface area contributed by atoms with Gasteiger partial charge in [-0.1, -0.05) is 40.0 Å². The number of hydrogen-bond acceptors (Lipinski definition) is 2. The summed E-state index contributed by atoms with van der Waals surface area (Å²) < 4.78 is 0. The van der Waals surface area contributed by atoms with E-state index in [0.29, 0.717) is 18.5 Å². The van der Waals surface area contributed by atoms with Crippen molar-refractivity contribution >= 4 is 5.91 Å². The maximum absolute atomic E-state index is 12.5. The molecular weight excluding hydrogens is 224 g/mol. The molecule has 106 valence electrons. The number of rotatable bonds is 6. The predicted octanol–water partition coefficient (Wildman–Crippen LogP) is 2.84. The fraction of sp³-hybridized carbons (Fsp3) is 0.933. The van der Waals surface area contributed by atoms with Gasteiger partial charge in [-0.2, -0.15) is 0 Å². The van der Waals surface area contributed by atoms with E-state index in [0.717, 1.165) is 19.3 Å². The van der Waals surface area contributed by atoms with Gasteiger partial charge in [-0.25, -0.2) is 0 Å². The lowest BCUT2D eigenvalue weighted by Gasteiger charge is -2.36. The summed E-state index contributed by atoms with van der Waals surface area (Å²) >= 11 is 0. The molecule has 1 aliphatic carbocycles. The van der Waals surface area contributed by atoms with Gasteiger partial charge in [0.05, 0.1) is 5.41 Å². The second kappa shape index (κ2) is 7.13. The summed E-state index contributed by atoms with van der Waals surface area (Å²) in [6.45, 7) is 6.81. The summed E-state index contributed by atoms with van der Waals surface area (Å²) in [6.07, 6.45) is 7.78. The van der Waals surface area contributed by atoms with Crippen molar-refractivity contribution in [1.82, 2.24) is 5.32 Å². The Morgan fingerprint density at radius 2 is 1.83 bits per heavy atom. The Morgan fingerprint density at radius 1 is 1.22 bits per heavy atom. The van der Waals surface area contributed by atoms with Crippen molar-refractivity contribution in [3.8, 4) is 0 Å². The Kier molecular flexibility index (Phi) is 6.13. The van der Waals surface area contributed by atoms with Crippen LogP contribution in [-0.4, -0.2) is 18.5 Å². The number of carbonyl (C=O) groups excluding carboxylic acids is 1. The van der Waals surface area contributed by atoms with Gasteiger partial charge in [-0.3, -0.25) is 4.79 Å². The van der Waals surface area contributed by atoms with Crippen LogP contribution in [0.15, 0.2) is 0 Å². The number of amides is 1. The highest BCUT2D eigenvalue weighted by molar-refractivity contribution is 5.83. The lowest BCUT2D eigenvalue weighted by Crippen LogP contribution is -2.51. The Morgan fingerprint density at radius 3 is 2.33 bits per heavy atom. The summed E-state index contributed by atoms with van der Waals surface area (Å²) in [5.74, 6) is 0.840. The highest BCUT2D eigenvalue weighted by atomic mass is 16.2. The van der Waals surface area contributed by atoms with Gasteiger partial charge in [0.2, 0.25) is 5.91 Å². The molecule has 1 saturated carbocycles. The van der Waals surface area contributed by atoms with Gasteiger partial charge in [0.1, 0.15) is 0 Å². The highest BCUT2D eigenvalue weighted by Crippen LogP contribution is 2.30. The molecule has 0 aromatic rings. The molecule has 0 aromatic carbocycles.